The number of piperazine rings is 1. The van der Waals surface area contributed by atoms with Crippen LogP contribution in [-0.2, 0) is 11.3 Å². The van der Waals surface area contributed by atoms with E-state index in [9.17, 15) is 9.90 Å². The number of carbonyl (C=O) groups excluding carboxylic acids is 1. The molecule has 0 aliphatic carbocycles. The molecule has 9 heteroatoms. The quantitative estimate of drug-likeness (QED) is 0.587. The van der Waals surface area contributed by atoms with Gasteiger partial charge in [0.2, 0.25) is 5.89 Å². The second-order valence-electron chi connectivity index (χ2n) is 7.92. The third-order valence-electron chi connectivity index (χ3n) is 5.05. The third-order valence-corrected chi connectivity index (χ3v) is 5.05. The summed E-state index contributed by atoms with van der Waals surface area (Å²) >= 11 is 0. The minimum Gasteiger partial charge on any atom is -0.497 e. The zero-order valence-electron chi connectivity index (χ0n) is 18.4. The van der Waals surface area contributed by atoms with Gasteiger partial charge in [-0.1, -0.05) is 0 Å². The van der Waals surface area contributed by atoms with Gasteiger partial charge in [0.25, 0.3) is 5.91 Å². The molecule has 0 unspecified atom stereocenters. The summed E-state index contributed by atoms with van der Waals surface area (Å²) in [7, 11) is 1.59. The molecular weight excluding hydrogens is 400 g/mol. The number of anilines is 1. The molecule has 1 saturated heterocycles. The number of β-amino-alcohol motifs (C(OH)–C–C–N with tert-alkyl or cyclic N) is 1. The first-order valence-corrected chi connectivity index (χ1v) is 10.6. The number of hydrogen-bond acceptors (Lipinski definition) is 8. The number of aliphatic hydroxyl groups is 1. The zero-order valence-corrected chi connectivity index (χ0v) is 18.4. The van der Waals surface area contributed by atoms with E-state index in [0.29, 0.717) is 31.3 Å². The van der Waals surface area contributed by atoms with Crippen LogP contribution >= 0.6 is 0 Å². The molecule has 1 aromatic carbocycles. The van der Waals surface area contributed by atoms with Crippen molar-refractivity contribution in [1.82, 2.24) is 14.8 Å². The molecule has 1 fully saturated rings. The summed E-state index contributed by atoms with van der Waals surface area (Å²) in [5.41, 5.74) is 0.908. The van der Waals surface area contributed by atoms with Gasteiger partial charge in [-0.3, -0.25) is 14.6 Å². The predicted octanol–water partition coefficient (Wildman–Crippen LogP) is 1.84. The molecule has 1 aliphatic rings. The summed E-state index contributed by atoms with van der Waals surface area (Å²) in [6.45, 7) is 8.81. The van der Waals surface area contributed by atoms with Crippen LogP contribution in [0.5, 0.6) is 5.75 Å². The summed E-state index contributed by atoms with van der Waals surface area (Å²) in [5, 5.41) is 12.9. The van der Waals surface area contributed by atoms with E-state index in [1.54, 1.807) is 31.4 Å². The highest BCUT2D eigenvalue weighted by atomic mass is 16.5. The Balaban J connectivity index is 1.42. The smallest absolute Gasteiger partial charge is 0.277 e. The topological polar surface area (TPSA) is 100 Å². The number of hydrogen-bond donors (Lipinski definition) is 2. The third kappa shape index (κ3) is 7.32. The average Bonchev–Trinajstić information content (AvgIpc) is 3.23. The molecule has 0 radical (unpaired) electrons. The molecule has 1 aliphatic heterocycles. The molecule has 3 rings (SSSR count). The highest BCUT2D eigenvalue weighted by molar-refractivity contribution is 6.02. The number of nitrogens with one attached hydrogen (secondary N) is 1. The first-order valence-electron chi connectivity index (χ1n) is 10.6. The van der Waals surface area contributed by atoms with E-state index in [0.717, 1.165) is 31.9 Å². The number of nitrogens with zero attached hydrogens (tertiary/aromatic N) is 3. The Hall–Kier alpha value is -2.46. The van der Waals surface area contributed by atoms with Gasteiger partial charge in [-0.2, -0.15) is 0 Å². The summed E-state index contributed by atoms with van der Waals surface area (Å²) in [6, 6.07) is 7.09. The van der Waals surface area contributed by atoms with Gasteiger partial charge < -0.3 is 24.3 Å². The fourth-order valence-electron chi connectivity index (χ4n) is 3.33. The number of methoxy groups -OCH3 is 1. The van der Waals surface area contributed by atoms with Gasteiger partial charge in [0, 0.05) is 38.4 Å². The SMILES string of the molecule is COc1ccc(NC(=O)c2coc(CN3CCN(C[C@H](O)COC(C)C)CC3)n2)cc1. The van der Waals surface area contributed by atoms with Crippen LogP contribution in [0.25, 0.3) is 0 Å². The van der Waals surface area contributed by atoms with Crippen molar-refractivity contribution >= 4 is 11.6 Å². The molecule has 1 amide bonds. The number of aromatic nitrogens is 1. The number of oxazole rings is 1. The molecule has 31 heavy (non-hydrogen) atoms. The van der Waals surface area contributed by atoms with Crippen molar-refractivity contribution in [3.63, 3.8) is 0 Å². The van der Waals surface area contributed by atoms with Gasteiger partial charge in [0.1, 0.15) is 12.0 Å². The number of carbonyl (C=O) groups is 1. The van der Waals surface area contributed by atoms with E-state index in [1.165, 1.54) is 6.26 Å². The van der Waals surface area contributed by atoms with Gasteiger partial charge in [-0.15, -0.1) is 0 Å². The molecule has 2 aromatic rings. The van der Waals surface area contributed by atoms with E-state index in [-0.39, 0.29) is 17.7 Å². The van der Waals surface area contributed by atoms with Crippen molar-refractivity contribution in [2.75, 3.05) is 51.8 Å². The standard InChI is InChI=1S/C22H32N4O5/c1-16(2)30-14-18(27)12-25-8-10-26(11-9-25)13-21-24-20(15-31-21)22(28)23-17-4-6-19(29-3)7-5-17/h4-7,15-16,18,27H,8-14H2,1-3H3,(H,23,28)/t18-/m0/s1. The molecule has 2 heterocycles. The molecule has 0 saturated carbocycles. The Bertz CT molecular complexity index is 816. The molecule has 170 valence electrons. The number of aliphatic hydroxyl groups excluding tert-OH is 1. The molecule has 0 bridgehead atoms. The van der Waals surface area contributed by atoms with Gasteiger partial charge in [0.05, 0.1) is 32.5 Å². The summed E-state index contributed by atoms with van der Waals surface area (Å²) in [5.74, 6) is 0.918. The largest absolute Gasteiger partial charge is 0.497 e. The highest BCUT2D eigenvalue weighted by Gasteiger charge is 2.21. The Morgan fingerprint density at radius 2 is 1.87 bits per heavy atom. The van der Waals surface area contributed by atoms with Gasteiger partial charge in [0.15, 0.2) is 5.69 Å². The number of rotatable bonds is 10. The van der Waals surface area contributed by atoms with Crippen molar-refractivity contribution in [3.05, 3.63) is 42.1 Å². The number of ether oxygens (including phenoxy) is 2. The maximum absolute atomic E-state index is 12.4. The lowest BCUT2D eigenvalue weighted by molar-refractivity contribution is -0.0151. The fraction of sp³-hybridized carbons (Fsp3) is 0.545. The van der Waals surface area contributed by atoms with Crippen molar-refractivity contribution in [2.24, 2.45) is 0 Å². The van der Waals surface area contributed by atoms with Gasteiger partial charge in [-0.05, 0) is 38.1 Å². The van der Waals surface area contributed by atoms with Crippen molar-refractivity contribution < 1.29 is 23.8 Å². The number of benzene rings is 1. The van der Waals surface area contributed by atoms with Crippen LogP contribution in [0.2, 0.25) is 0 Å². The first-order chi connectivity index (χ1) is 14.9. The van der Waals surface area contributed by atoms with Crippen LogP contribution in [0.1, 0.15) is 30.2 Å². The summed E-state index contributed by atoms with van der Waals surface area (Å²) < 4.78 is 16.1. The monoisotopic (exact) mass is 432 g/mol. The maximum atomic E-state index is 12.4. The first kappa shape index (κ1) is 23.2. The number of amides is 1. The molecule has 0 spiro atoms. The Labute approximate surface area is 182 Å². The van der Waals surface area contributed by atoms with Crippen LogP contribution in [0.4, 0.5) is 5.69 Å². The van der Waals surface area contributed by atoms with E-state index >= 15 is 0 Å². The second kappa shape index (κ2) is 11.2. The minimum atomic E-state index is -0.479. The van der Waals surface area contributed by atoms with Crippen LogP contribution in [0.15, 0.2) is 34.9 Å². The molecule has 1 atom stereocenters. The Kier molecular flexibility index (Phi) is 8.42. The second-order valence-corrected chi connectivity index (χ2v) is 7.92. The van der Waals surface area contributed by atoms with Crippen LogP contribution in [0.3, 0.4) is 0 Å². The van der Waals surface area contributed by atoms with Gasteiger partial charge in [-0.25, -0.2) is 4.98 Å². The van der Waals surface area contributed by atoms with Crippen molar-refractivity contribution in [3.8, 4) is 5.75 Å². The normalized spacial score (nSPS) is 16.4. The predicted molar refractivity (Wildman–Crippen MR) is 116 cm³/mol. The summed E-state index contributed by atoms with van der Waals surface area (Å²) in [6.07, 6.45) is 1.03. The van der Waals surface area contributed by atoms with Crippen LogP contribution in [-0.4, -0.2) is 84.4 Å². The van der Waals surface area contributed by atoms with Crippen molar-refractivity contribution in [1.29, 1.82) is 0 Å². The molecular formula is C22H32N4O5. The van der Waals surface area contributed by atoms with E-state index in [1.807, 2.05) is 13.8 Å². The van der Waals surface area contributed by atoms with Gasteiger partial charge >= 0.3 is 0 Å². The maximum Gasteiger partial charge on any atom is 0.277 e. The average molecular weight is 433 g/mol. The lowest BCUT2D eigenvalue weighted by Gasteiger charge is -2.35. The van der Waals surface area contributed by atoms with E-state index in [4.69, 9.17) is 13.9 Å². The lowest BCUT2D eigenvalue weighted by atomic mass is 10.2. The van der Waals surface area contributed by atoms with E-state index < -0.39 is 6.10 Å². The van der Waals surface area contributed by atoms with Crippen LogP contribution in [0, 0.1) is 0 Å². The zero-order chi connectivity index (χ0) is 22.2. The molecule has 1 aromatic heterocycles. The highest BCUT2D eigenvalue weighted by Crippen LogP contribution is 2.16. The summed E-state index contributed by atoms with van der Waals surface area (Å²) in [4.78, 5) is 21.2. The minimum absolute atomic E-state index is 0.121. The molecule has 9 nitrogen and oxygen atoms in total. The van der Waals surface area contributed by atoms with E-state index in [2.05, 4.69) is 20.1 Å². The Morgan fingerprint density at radius 3 is 2.52 bits per heavy atom. The molecule has 2 N–H and O–H groups in total. The Morgan fingerprint density at radius 1 is 1.19 bits per heavy atom. The van der Waals surface area contributed by atoms with Crippen molar-refractivity contribution in [2.45, 2.75) is 32.6 Å². The lowest BCUT2D eigenvalue weighted by Crippen LogP contribution is -2.48. The fourth-order valence-corrected chi connectivity index (χ4v) is 3.33. The van der Waals surface area contributed by atoms with Crippen LogP contribution < -0.4 is 10.1 Å².